The van der Waals surface area contributed by atoms with Gasteiger partial charge in [-0.15, -0.1) is 0 Å². The Kier molecular flexibility index (Phi) is 22.8. The van der Waals surface area contributed by atoms with Crippen molar-refractivity contribution in [3.8, 4) is 28.7 Å². The first kappa shape index (κ1) is 53.7. The van der Waals surface area contributed by atoms with Gasteiger partial charge in [-0.05, 0) is 134 Å². The van der Waals surface area contributed by atoms with Crippen LogP contribution in [0.25, 0.3) is 0 Å². The van der Waals surface area contributed by atoms with Crippen molar-refractivity contribution in [1.29, 1.82) is 0 Å². The van der Waals surface area contributed by atoms with Crippen molar-refractivity contribution >= 4 is 29.5 Å². The number of carbonyl (C=O) groups excluding carboxylic acids is 4. The predicted octanol–water partition coefficient (Wildman–Crippen LogP) is 14.1. The molecular weight excluding hydrogens is 893 g/mol. The van der Waals surface area contributed by atoms with E-state index in [1.807, 2.05) is 17.0 Å². The van der Waals surface area contributed by atoms with E-state index < -0.39 is 17.9 Å². The molecule has 0 spiro atoms. The normalized spacial score (nSPS) is 12.3. The zero-order valence-corrected chi connectivity index (χ0v) is 42.1. The Balaban J connectivity index is 0.848. The summed E-state index contributed by atoms with van der Waals surface area (Å²) in [6, 6.07) is 34.1. The van der Waals surface area contributed by atoms with Gasteiger partial charge < -0.3 is 33.5 Å². The summed E-state index contributed by atoms with van der Waals surface area (Å²) in [5.41, 5.74) is 2.59. The predicted molar refractivity (Wildman–Crippen MR) is 281 cm³/mol. The van der Waals surface area contributed by atoms with Crippen LogP contribution in [-0.2, 0) is 0 Å². The number of amides is 1. The van der Waals surface area contributed by atoms with Gasteiger partial charge in [-0.1, -0.05) is 117 Å². The Morgan fingerprint density at radius 2 is 0.648 bits per heavy atom. The molecule has 1 heterocycles. The molecule has 5 aromatic rings. The highest BCUT2D eigenvalue weighted by Crippen LogP contribution is 2.25. The molecule has 1 amide bonds. The zero-order valence-electron chi connectivity index (χ0n) is 42.1. The van der Waals surface area contributed by atoms with Crippen molar-refractivity contribution in [2.75, 3.05) is 44.3 Å². The fourth-order valence-electron chi connectivity index (χ4n) is 8.48. The average molecular weight is 967 g/mol. The number of unbranched alkanes of at least 4 members (excludes halogenated alkanes) is 16. The van der Waals surface area contributed by atoms with Gasteiger partial charge in [-0.25, -0.2) is 14.4 Å². The summed E-state index contributed by atoms with van der Waals surface area (Å²) in [4.78, 5) is 56.0. The van der Waals surface area contributed by atoms with E-state index in [9.17, 15) is 19.2 Å². The van der Waals surface area contributed by atoms with Crippen molar-refractivity contribution in [3.05, 3.63) is 144 Å². The Labute approximate surface area is 421 Å². The molecule has 1 saturated heterocycles. The lowest BCUT2D eigenvalue weighted by Crippen LogP contribution is -2.48. The van der Waals surface area contributed by atoms with Gasteiger partial charge in [0.15, 0.2) is 0 Å². The molecule has 5 aromatic carbocycles. The summed E-state index contributed by atoms with van der Waals surface area (Å²) >= 11 is 0. The Morgan fingerprint density at radius 3 is 1.00 bits per heavy atom. The molecular formula is C60H74N2O9. The van der Waals surface area contributed by atoms with E-state index in [0.29, 0.717) is 78.9 Å². The number of carbonyl (C=O) groups is 4. The molecule has 0 radical (unpaired) electrons. The van der Waals surface area contributed by atoms with Crippen LogP contribution in [-0.4, -0.2) is 68.1 Å². The van der Waals surface area contributed by atoms with E-state index in [-0.39, 0.29) is 5.91 Å². The number of nitrogens with zero attached hydrogens (tertiary/aromatic N) is 2. The second kappa shape index (κ2) is 30.2. The summed E-state index contributed by atoms with van der Waals surface area (Å²) in [6.07, 6.45) is 22.6. The molecule has 378 valence electrons. The highest BCUT2D eigenvalue weighted by molar-refractivity contribution is 5.95. The maximum atomic E-state index is 13.4. The molecule has 0 N–H and O–H groups in total. The van der Waals surface area contributed by atoms with Crippen LogP contribution in [0, 0.1) is 0 Å². The second-order valence-corrected chi connectivity index (χ2v) is 18.4. The van der Waals surface area contributed by atoms with Gasteiger partial charge in [-0.3, -0.25) is 4.79 Å². The first-order valence-corrected chi connectivity index (χ1v) is 26.3. The van der Waals surface area contributed by atoms with Gasteiger partial charge >= 0.3 is 17.9 Å². The van der Waals surface area contributed by atoms with Crippen LogP contribution in [0.1, 0.15) is 171 Å². The molecule has 1 fully saturated rings. The Bertz CT molecular complexity index is 2340. The lowest BCUT2D eigenvalue weighted by molar-refractivity contribution is 0.0722. The third-order valence-electron chi connectivity index (χ3n) is 12.8. The van der Waals surface area contributed by atoms with Gasteiger partial charge in [0.25, 0.3) is 5.91 Å². The lowest BCUT2D eigenvalue weighted by Gasteiger charge is -2.36. The van der Waals surface area contributed by atoms with E-state index in [2.05, 4.69) is 18.7 Å². The highest BCUT2D eigenvalue weighted by Gasteiger charge is 2.23. The van der Waals surface area contributed by atoms with Crippen molar-refractivity contribution in [3.63, 3.8) is 0 Å². The van der Waals surface area contributed by atoms with Crippen LogP contribution in [0.4, 0.5) is 5.69 Å². The number of hydrogen-bond donors (Lipinski definition) is 0. The van der Waals surface area contributed by atoms with Crippen LogP contribution in [0.5, 0.6) is 28.7 Å². The molecule has 11 nitrogen and oxygen atoms in total. The Morgan fingerprint density at radius 1 is 0.352 bits per heavy atom. The van der Waals surface area contributed by atoms with Gasteiger partial charge in [0.05, 0.1) is 29.9 Å². The largest absolute Gasteiger partial charge is 0.494 e. The molecule has 11 heteroatoms. The molecule has 6 rings (SSSR count). The van der Waals surface area contributed by atoms with Crippen LogP contribution in [0.3, 0.4) is 0 Å². The summed E-state index contributed by atoms with van der Waals surface area (Å²) in [6.45, 7) is 8.09. The summed E-state index contributed by atoms with van der Waals surface area (Å²) in [7, 11) is 0. The standard InChI is InChI=1S/C60H74N2O9/c1-3-5-7-9-11-13-15-17-19-45-67-52-31-23-48(24-32-52)58(64)69-54-35-21-47(22-36-54)57(63)62-43-41-61(42-44-62)51-29-39-56(40-30-51)71-60(66)50-27-37-55(38-28-50)70-59(65)49-25-33-53(34-26-49)68-46-20-18-16-14-12-10-8-6-4-2/h21-40H,3-20,41-46H2,1-2H3. The minimum Gasteiger partial charge on any atom is -0.494 e. The number of anilines is 1. The first-order chi connectivity index (χ1) is 34.8. The number of rotatable bonds is 30. The average Bonchev–Trinajstić information content (AvgIpc) is 3.40. The van der Waals surface area contributed by atoms with E-state index in [4.69, 9.17) is 23.7 Å². The number of benzene rings is 5. The topological polar surface area (TPSA) is 121 Å². The third kappa shape index (κ3) is 18.6. The number of esters is 3. The fraction of sp³-hybridized carbons (Fsp3) is 0.433. The van der Waals surface area contributed by atoms with Crippen molar-refractivity contribution in [1.82, 2.24) is 4.90 Å². The number of ether oxygens (including phenoxy) is 5. The van der Waals surface area contributed by atoms with E-state index in [0.717, 1.165) is 42.9 Å². The smallest absolute Gasteiger partial charge is 0.343 e. The minimum atomic E-state index is -0.540. The summed E-state index contributed by atoms with van der Waals surface area (Å²) in [5.74, 6) is 0.882. The second-order valence-electron chi connectivity index (χ2n) is 18.4. The maximum Gasteiger partial charge on any atom is 0.343 e. The van der Waals surface area contributed by atoms with Crippen molar-refractivity contribution in [2.24, 2.45) is 0 Å². The summed E-state index contributed by atoms with van der Waals surface area (Å²) in [5, 5.41) is 0. The summed E-state index contributed by atoms with van der Waals surface area (Å²) < 4.78 is 28.5. The van der Waals surface area contributed by atoms with Crippen LogP contribution < -0.4 is 28.6 Å². The monoisotopic (exact) mass is 967 g/mol. The van der Waals surface area contributed by atoms with Gasteiger partial charge in [0, 0.05) is 37.4 Å². The molecule has 0 aliphatic carbocycles. The molecule has 0 saturated carbocycles. The molecule has 0 aromatic heterocycles. The van der Waals surface area contributed by atoms with E-state index >= 15 is 0 Å². The van der Waals surface area contributed by atoms with Gasteiger partial charge in [0.2, 0.25) is 0 Å². The minimum absolute atomic E-state index is 0.0935. The van der Waals surface area contributed by atoms with Crippen LogP contribution in [0.15, 0.2) is 121 Å². The lowest BCUT2D eigenvalue weighted by atomic mass is 10.1. The van der Waals surface area contributed by atoms with E-state index in [1.165, 1.54) is 89.9 Å². The number of hydrogen-bond acceptors (Lipinski definition) is 10. The molecule has 71 heavy (non-hydrogen) atoms. The van der Waals surface area contributed by atoms with Gasteiger partial charge in [-0.2, -0.15) is 0 Å². The number of piperazine rings is 1. The molecule has 1 aliphatic rings. The highest BCUT2D eigenvalue weighted by atomic mass is 16.5. The fourth-order valence-corrected chi connectivity index (χ4v) is 8.48. The quantitative estimate of drug-likeness (QED) is 0.0250. The third-order valence-corrected chi connectivity index (χ3v) is 12.8. The molecule has 0 bridgehead atoms. The SMILES string of the molecule is CCCCCCCCCCCOc1ccc(C(=O)Oc2ccc(C(=O)Oc3ccc(N4CCN(C(=O)c5ccc(OC(=O)c6ccc(OCCCCCCCCCCC)cc6)cc5)CC4)cc3)cc2)cc1. The molecule has 1 aliphatic heterocycles. The van der Waals surface area contributed by atoms with Crippen molar-refractivity contribution < 1.29 is 42.9 Å². The zero-order chi connectivity index (χ0) is 49.9. The Hall–Kier alpha value is -6.62. The van der Waals surface area contributed by atoms with Crippen LogP contribution >= 0.6 is 0 Å². The molecule has 0 atom stereocenters. The van der Waals surface area contributed by atoms with Gasteiger partial charge in [0.1, 0.15) is 28.7 Å². The maximum absolute atomic E-state index is 13.4. The first-order valence-electron chi connectivity index (χ1n) is 26.3. The van der Waals surface area contributed by atoms with Crippen LogP contribution in [0.2, 0.25) is 0 Å². The molecule has 0 unspecified atom stereocenters. The van der Waals surface area contributed by atoms with Crippen molar-refractivity contribution in [2.45, 2.75) is 129 Å². The van der Waals surface area contributed by atoms with E-state index in [1.54, 1.807) is 109 Å².